The van der Waals surface area contributed by atoms with Gasteiger partial charge in [-0.3, -0.25) is 4.79 Å². The van der Waals surface area contributed by atoms with Crippen LogP contribution in [0.5, 0.6) is 0 Å². The quantitative estimate of drug-likeness (QED) is 0.845. The SMILES string of the molecule is CCCNc1cccc(C(=O)NCC2CC3CCC2C3)n1. The lowest BCUT2D eigenvalue weighted by atomic mass is 9.89. The Morgan fingerprint density at radius 2 is 2.24 bits per heavy atom. The van der Waals surface area contributed by atoms with E-state index in [0.29, 0.717) is 11.6 Å². The minimum absolute atomic E-state index is 0.0436. The summed E-state index contributed by atoms with van der Waals surface area (Å²) in [5.41, 5.74) is 0.513. The molecule has 2 aliphatic carbocycles. The highest BCUT2D eigenvalue weighted by molar-refractivity contribution is 5.92. The summed E-state index contributed by atoms with van der Waals surface area (Å²) in [5.74, 6) is 3.20. The number of amides is 1. The lowest BCUT2D eigenvalue weighted by molar-refractivity contribution is 0.0937. The number of pyridine rings is 1. The number of aromatic nitrogens is 1. The van der Waals surface area contributed by atoms with E-state index in [2.05, 4.69) is 22.5 Å². The molecule has 2 N–H and O–H groups in total. The highest BCUT2D eigenvalue weighted by Crippen LogP contribution is 2.47. The topological polar surface area (TPSA) is 54.0 Å². The van der Waals surface area contributed by atoms with Crippen LogP contribution in [0.3, 0.4) is 0 Å². The number of hydrogen-bond donors (Lipinski definition) is 2. The molecule has 2 fully saturated rings. The van der Waals surface area contributed by atoms with Crippen molar-refractivity contribution >= 4 is 11.7 Å². The van der Waals surface area contributed by atoms with Gasteiger partial charge in [-0.15, -0.1) is 0 Å². The first-order valence-electron chi connectivity index (χ1n) is 8.25. The minimum atomic E-state index is -0.0436. The predicted molar refractivity (Wildman–Crippen MR) is 84.3 cm³/mol. The van der Waals surface area contributed by atoms with Crippen LogP contribution in [0.4, 0.5) is 5.82 Å². The Balaban J connectivity index is 1.53. The number of anilines is 1. The normalized spacial score (nSPS) is 26.8. The second-order valence-electron chi connectivity index (χ2n) is 6.48. The van der Waals surface area contributed by atoms with Crippen LogP contribution in [0.1, 0.15) is 49.5 Å². The molecule has 1 aromatic rings. The van der Waals surface area contributed by atoms with Crippen LogP contribution in [0.2, 0.25) is 0 Å². The molecule has 0 saturated heterocycles. The minimum Gasteiger partial charge on any atom is -0.370 e. The van der Waals surface area contributed by atoms with E-state index >= 15 is 0 Å². The standard InChI is InChI=1S/C17H25N3O/c1-2-8-18-16-5-3-4-15(20-16)17(21)19-11-14-10-12-6-7-13(14)9-12/h3-5,12-14H,2,6-11H2,1H3,(H,18,20)(H,19,21). The maximum absolute atomic E-state index is 12.2. The van der Waals surface area contributed by atoms with Gasteiger partial charge in [0.15, 0.2) is 0 Å². The first-order chi connectivity index (χ1) is 10.3. The lowest BCUT2D eigenvalue weighted by Crippen LogP contribution is -2.32. The van der Waals surface area contributed by atoms with Crippen LogP contribution in [-0.2, 0) is 0 Å². The Kier molecular flexibility index (Phi) is 4.42. The van der Waals surface area contributed by atoms with Gasteiger partial charge in [0, 0.05) is 13.1 Å². The number of hydrogen-bond acceptors (Lipinski definition) is 3. The first kappa shape index (κ1) is 14.4. The zero-order valence-corrected chi connectivity index (χ0v) is 12.8. The number of carbonyl (C=O) groups is 1. The van der Waals surface area contributed by atoms with Gasteiger partial charge >= 0.3 is 0 Å². The molecule has 0 spiro atoms. The summed E-state index contributed by atoms with van der Waals surface area (Å²) in [6.45, 7) is 3.80. The molecule has 21 heavy (non-hydrogen) atoms. The van der Waals surface area contributed by atoms with Gasteiger partial charge in [0.1, 0.15) is 11.5 Å². The summed E-state index contributed by atoms with van der Waals surface area (Å²) >= 11 is 0. The van der Waals surface area contributed by atoms with Crippen molar-refractivity contribution in [3.05, 3.63) is 23.9 Å². The average molecular weight is 287 g/mol. The van der Waals surface area contributed by atoms with Gasteiger partial charge in [0.05, 0.1) is 0 Å². The van der Waals surface area contributed by atoms with Crippen molar-refractivity contribution in [1.82, 2.24) is 10.3 Å². The van der Waals surface area contributed by atoms with Crippen LogP contribution in [0.25, 0.3) is 0 Å². The summed E-state index contributed by atoms with van der Waals surface area (Å²) in [6, 6.07) is 5.58. The molecule has 4 nitrogen and oxygen atoms in total. The highest BCUT2D eigenvalue weighted by atomic mass is 16.1. The molecular weight excluding hydrogens is 262 g/mol. The Labute approximate surface area is 126 Å². The molecule has 1 heterocycles. The van der Waals surface area contributed by atoms with Crippen LogP contribution in [0, 0.1) is 17.8 Å². The van der Waals surface area contributed by atoms with Crippen LogP contribution in [0.15, 0.2) is 18.2 Å². The zero-order valence-electron chi connectivity index (χ0n) is 12.8. The maximum Gasteiger partial charge on any atom is 0.269 e. The fourth-order valence-corrected chi connectivity index (χ4v) is 3.85. The molecule has 4 heteroatoms. The predicted octanol–water partition coefficient (Wildman–Crippen LogP) is 3.07. The fourth-order valence-electron chi connectivity index (χ4n) is 3.85. The maximum atomic E-state index is 12.2. The van der Waals surface area contributed by atoms with Crippen molar-refractivity contribution < 1.29 is 4.79 Å². The van der Waals surface area contributed by atoms with E-state index in [1.54, 1.807) is 6.07 Å². The molecule has 2 aliphatic rings. The zero-order chi connectivity index (χ0) is 14.7. The molecule has 1 aromatic heterocycles. The average Bonchev–Trinajstić information content (AvgIpc) is 3.13. The van der Waals surface area contributed by atoms with Crippen LogP contribution >= 0.6 is 0 Å². The molecule has 114 valence electrons. The molecule has 0 aromatic carbocycles. The van der Waals surface area contributed by atoms with Gasteiger partial charge in [-0.2, -0.15) is 0 Å². The van der Waals surface area contributed by atoms with E-state index in [0.717, 1.165) is 37.2 Å². The van der Waals surface area contributed by atoms with Crippen molar-refractivity contribution in [1.29, 1.82) is 0 Å². The van der Waals surface area contributed by atoms with E-state index in [4.69, 9.17) is 0 Å². The van der Waals surface area contributed by atoms with Gasteiger partial charge in [-0.1, -0.05) is 19.4 Å². The molecule has 3 atom stereocenters. The molecule has 3 unspecified atom stereocenters. The summed E-state index contributed by atoms with van der Waals surface area (Å²) < 4.78 is 0. The first-order valence-corrected chi connectivity index (χ1v) is 8.25. The van der Waals surface area contributed by atoms with E-state index in [-0.39, 0.29) is 5.91 Å². The number of rotatable bonds is 6. The van der Waals surface area contributed by atoms with E-state index < -0.39 is 0 Å². The van der Waals surface area contributed by atoms with Crippen molar-refractivity contribution in [2.45, 2.75) is 39.0 Å². The van der Waals surface area contributed by atoms with E-state index in [9.17, 15) is 4.79 Å². The number of nitrogens with zero attached hydrogens (tertiary/aromatic N) is 1. The highest BCUT2D eigenvalue weighted by Gasteiger charge is 2.39. The summed E-state index contributed by atoms with van der Waals surface area (Å²) in [6.07, 6.45) is 6.50. The molecule has 1 amide bonds. The summed E-state index contributed by atoms with van der Waals surface area (Å²) in [5, 5.41) is 6.30. The fraction of sp³-hybridized carbons (Fsp3) is 0.647. The van der Waals surface area contributed by atoms with Crippen molar-refractivity contribution in [2.75, 3.05) is 18.4 Å². The number of carbonyl (C=O) groups excluding carboxylic acids is 1. The van der Waals surface area contributed by atoms with Gasteiger partial charge in [-0.25, -0.2) is 4.98 Å². The number of fused-ring (bicyclic) bond motifs is 2. The van der Waals surface area contributed by atoms with Crippen molar-refractivity contribution in [3.8, 4) is 0 Å². The third-order valence-electron chi connectivity index (χ3n) is 4.95. The third kappa shape index (κ3) is 3.36. The van der Waals surface area contributed by atoms with Crippen LogP contribution in [-0.4, -0.2) is 24.0 Å². The van der Waals surface area contributed by atoms with Crippen LogP contribution < -0.4 is 10.6 Å². The Morgan fingerprint density at radius 1 is 1.33 bits per heavy atom. The number of nitrogens with one attached hydrogen (secondary N) is 2. The van der Waals surface area contributed by atoms with E-state index in [1.807, 2.05) is 12.1 Å². The molecule has 0 radical (unpaired) electrons. The van der Waals surface area contributed by atoms with Gasteiger partial charge in [-0.05, 0) is 55.6 Å². The van der Waals surface area contributed by atoms with Gasteiger partial charge in [0.2, 0.25) is 0 Å². The Morgan fingerprint density at radius 3 is 2.95 bits per heavy atom. The summed E-state index contributed by atoms with van der Waals surface area (Å²) in [7, 11) is 0. The Bertz CT molecular complexity index is 503. The van der Waals surface area contributed by atoms with Gasteiger partial charge < -0.3 is 10.6 Å². The monoisotopic (exact) mass is 287 g/mol. The Hall–Kier alpha value is -1.58. The molecular formula is C17H25N3O. The smallest absolute Gasteiger partial charge is 0.269 e. The van der Waals surface area contributed by atoms with Crippen molar-refractivity contribution in [3.63, 3.8) is 0 Å². The second kappa shape index (κ2) is 6.46. The molecule has 2 bridgehead atoms. The summed E-state index contributed by atoms with van der Waals surface area (Å²) in [4.78, 5) is 16.6. The second-order valence-corrected chi connectivity index (χ2v) is 6.48. The lowest BCUT2D eigenvalue weighted by Gasteiger charge is -2.21. The van der Waals surface area contributed by atoms with Gasteiger partial charge in [0.25, 0.3) is 5.91 Å². The molecule has 0 aliphatic heterocycles. The van der Waals surface area contributed by atoms with Crippen molar-refractivity contribution in [2.24, 2.45) is 17.8 Å². The van der Waals surface area contributed by atoms with E-state index in [1.165, 1.54) is 25.7 Å². The molecule has 2 saturated carbocycles. The third-order valence-corrected chi connectivity index (χ3v) is 4.95. The largest absolute Gasteiger partial charge is 0.370 e. The molecule has 3 rings (SSSR count).